The van der Waals surface area contributed by atoms with E-state index in [-0.39, 0.29) is 5.37 Å². The molecule has 0 aliphatic carbocycles. The van der Waals surface area contributed by atoms with Gasteiger partial charge in [-0.15, -0.1) is 0 Å². The van der Waals surface area contributed by atoms with E-state index in [0.717, 1.165) is 33.7 Å². The van der Waals surface area contributed by atoms with Crippen LogP contribution in [0.4, 0.5) is 22.7 Å². The molecule has 0 fully saturated rings. The number of nitrogens with zero attached hydrogens (tertiary/aromatic N) is 2. The Morgan fingerprint density at radius 2 is 1.30 bits per heavy atom. The Morgan fingerprint density at radius 3 is 2.05 bits per heavy atom. The third kappa shape index (κ3) is 4.13. The highest BCUT2D eigenvalue weighted by Gasteiger charge is 2.23. The molecule has 0 bridgehead atoms. The van der Waals surface area contributed by atoms with Gasteiger partial charge in [0.2, 0.25) is 5.89 Å². The Kier molecular flexibility index (Phi) is 5.41. The van der Waals surface area contributed by atoms with Gasteiger partial charge < -0.3 is 14.6 Å². The van der Waals surface area contributed by atoms with Gasteiger partial charge in [-0.2, -0.15) is 0 Å². The summed E-state index contributed by atoms with van der Waals surface area (Å²) in [5.41, 5.74) is 8.34. The van der Waals surface area contributed by atoms with E-state index < -0.39 is 0 Å². The predicted octanol–water partition coefficient (Wildman–Crippen LogP) is 9.18. The van der Waals surface area contributed by atoms with Crippen molar-refractivity contribution in [2.75, 3.05) is 10.2 Å². The minimum absolute atomic E-state index is 0.215. The van der Waals surface area contributed by atoms with Gasteiger partial charge >= 0.3 is 0 Å². The summed E-state index contributed by atoms with van der Waals surface area (Å²) in [7, 11) is 0. The average molecular weight is 498 g/mol. The van der Waals surface area contributed by atoms with Crippen molar-refractivity contribution in [2.45, 2.75) is 10.3 Å². The Hall–Kier alpha value is -4.48. The van der Waals surface area contributed by atoms with Gasteiger partial charge in [-0.25, -0.2) is 4.98 Å². The topological polar surface area (TPSA) is 41.3 Å². The number of rotatable bonds is 5. The van der Waals surface area contributed by atoms with Crippen molar-refractivity contribution in [2.24, 2.45) is 0 Å². The van der Waals surface area contributed by atoms with Crippen molar-refractivity contribution in [3.05, 3.63) is 133 Å². The van der Waals surface area contributed by atoms with Crippen molar-refractivity contribution in [3.8, 4) is 11.5 Å². The third-order valence-corrected chi connectivity index (χ3v) is 7.79. The van der Waals surface area contributed by atoms with Crippen LogP contribution in [0.15, 0.2) is 137 Å². The monoisotopic (exact) mass is 497 g/mol. The average Bonchev–Trinajstić information content (AvgIpc) is 3.59. The van der Waals surface area contributed by atoms with Crippen LogP contribution in [-0.2, 0) is 0 Å². The minimum Gasteiger partial charge on any atom is -0.436 e. The van der Waals surface area contributed by atoms with Crippen LogP contribution in [0.1, 0.15) is 10.9 Å². The second kappa shape index (κ2) is 9.19. The quantitative estimate of drug-likeness (QED) is 0.257. The number of anilines is 4. The molecule has 0 spiro atoms. The molecule has 1 atom stereocenters. The van der Waals surface area contributed by atoms with Gasteiger partial charge in [0.25, 0.3) is 0 Å². The second-order valence-electron chi connectivity index (χ2n) is 8.93. The van der Waals surface area contributed by atoms with Gasteiger partial charge in [-0.3, -0.25) is 0 Å². The third-order valence-electron chi connectivity index (χ3n) is 6.55. The molecule has 1 N–H and O–H groups in total. The fraction of sp³-hybridized carbons (Fsp3) is 0.0312. The molecular formula is C32H23N3OS. The number of hydrogen-bond acceptors (Lipinski definition) is 5. The maximum absolute atomic E-state index is 5.98. The van der Waals surface area contributed by atoms with E-state index in [2.05, 4.69) is 112 Å². The van der Waals surface area contributed by atoms with Gasteiger partial charge in [-0.1, -0.05) is 66.4 Å². The zero-order valence-electron chi connectivity index (χ0n) is 19.9. The molecule has 0 saturated carbocycles. The molecule has 6 aromatic rings. The molecule has 178 valence electrons. The van der Waals surface area contributed by atoms with Crippen LogP contribution in [0.5, 0.6) is 0 Å². The smallest absolute Gasteiger partial charge is 0.227 e. The number of hydrogen-bond donors (Lipinski definition) is 1. The SMILES string of the molecule is c1ccc(N(c2ccc(-c3nc4ccccc4o3)cc2)c2ccc(C3Nc4ccccc4S3)cc2)cc1. The highest BCUT2D eigenvalue weighted by Crippen LogP contribution is 2.46. The van der Waals surface area contributed by atoms with Gasteiger partial charge in [-0.05, 0) is 78.4 Å². The molecule has 0 saturated heterocycles. The second-order valence-corrected chi connectivity index (χ2v) is 10.1. The van der Waals surface area contributed by atoms with Gasteiger partial charge in [0.05, 0.1) is 0 Å². The molecule has 1 aliphatic heterocycles. The van der Waals surface area contributed by atoms with Gasteiger partial charge in [0.15, 0.2) is 5.58 Å². The first-order valence-corrected chi connectivity index (χ1v) is 13.1. The first-order chi connectivity index (χ1) is 18.3. The summed E-state index contributed by atoms with van der Waals surface area (Å²) in [5, 5.41) is 3.84. The van der Waals surface area contributed by atoms with E-state index in [4.69, 9.17) is 4.42 Å². The lowest BCUT2D eigenvalue weighted by Crippen LogP contribution is -2.10. The summed E-state index contributed by atoms with van der Waals surface area (Å²) >= 11 is 1.86. The number of thioether (sulfide) groups is 1. The maximum Gasteiger partial charge on any atom is 0.227 e. The molecule has 0 amide bonds. The van der Waals surface area contributed by atoms with Crippen molar-refractivity contribution >= 4 is 45.6 Å². The summed E-state index contributed by atoms with van der Waals surface area (Å²) in [6, 6.07) is 44.0. The number of para-hydroxylation sites is 4. The van der Waals surface area contributed by atoms with Crippen LogP contribution >= 0.6 is 11.8 Å². The molecule has 37 heavy (non-hydrogen) atoms. The normalized spacial score (nSPS) is 14.3. The van der Waals surface area contributed by atoms with E-state index in [9.17, 15) is 0 Å². The van der Waals surface area contributed by atoms with Crippen LogP contribution in [0.3, 0.4) is 0 Å². The molecule has 7 rings (SSSR count). The maximum atomic E-state index is 5.98. The van der Waals surface area contributed by atoms with Gasteiger partial charge in [0, 0.05) is 33.2 Å². The van der Waals surface area contributed by atoms with E-state index in [0.29, 0.717) is 5.89 Å². The minimum atomic E-state index is 0.215. The molecule has 1 unspecified atom stereocenters. The molecule has 4 nitrogen and oxygen atoms in total. The van der Waals surface area contributed by atoms with Crippen LogP contribution < -0.4 is 10.2 Å². The molecule has 2 heterocycles. The lowest BCUT2D eigenvalue weighted by Gasteiger charge is -2.26. The fourth-order valence-electron chi connectivity index (χ4n) is 4.71. The number of oxazole rings is 1. The van der Waals surface area contributed by atoms with Crippen LogP contribution in [0, 0.1) is 0 Å². The first kappa shape index (κ1) is 21.8. The Balaban J connectivity index is 1.20. The molecule has 0 radical (unpaired) electrons. The molecule has 5 heteroatoms. The van der Waals surface area contributed by atoms with Crippen LogP contribution in [0.2, 0.25) is 0 Å². The van der Waals surface area contributed by atoms with Crippen LogP contribution in [0.25, 0.3) is 22.6 Å². The lowest BCUT2D eigenvalue weighted by molar-refractivity contribution is 0.620. The zero-order valence-corrected chi connectivity index (χ0v) is 20.7. The Labute approximate surface area is 219 Å². The summed E-state index contributed by atoms with van der Waals surface area (Å²) in [4.78, 5) is 8.21. The van der Waals surface area contributed by atoms with Crippen molar-refractivity contribution < 1.29 is 4.42 Å². The summed E-state index contributed by atoms with van der Waals surface area (Å²) < 4.78 is 5.98. The zero-order chi connectivity index (χ0) is 24.6. The van der Waals surface area contributed by atoms with E-state index in [1.165, 1.54) is 16.1 Å². The standard InChI is InChI=1S/C32H23N3OS/c1-2-8-24(9-3-1)35(25-18-14-22(15-19-25)31-33-27-10-4-6-12-29(27)36-31)26-20-16-23(17-21-26)32-34-28-11-5-7-13-30(28)37-32/h1-21,32,34H. The predicted molar refractivity (Wildman–Crippen MR) is 153 cm³/mol. The highest BCUT2D eigenvalue weighted by molar-refractivity contribution is 8.00. The fourth-order valence-corrected chi connectivity index (χ4v) is 5.85. The Bertz CT molecular complexity index is 1620. The number of fused-ring (bicyclic) bond motifs is 2. The number of benzene rings is 5. The van der Waals surface area contributed by atoms with E-state index in [1.807, 2.05) is 42.1 Å². The number of aromatic nitrogens is 1. The van der Waals surface area contributed by atoms with Crippen molar-refractivity contribution in [1.29, 1.82) is 0 Å². The van der Waals surface area contributed by atoms with E-state index in [1.54, 1.807) is 0 Å². The highest BCUT2D eigenvalue weighted by atomic mass is 32.2. The number of nitrogens with one attached hydrogen (secondary N) is 1. The van der Waals surface area contributed by atoms with E-state index >= 15 is 0 Å². The Morgan fingerprint density at radius 1 is 0.649 bits per heavy atom. The molecule has 1 aliphatic rings. The molecule has 5 aromatic carbocycles. The summed E-state index contributed by atoms with van der Waals surface area (Å²) in [6.07, 6.45) is 0. The largest absolute Gasteiger partial charge is 0.436 e. The summed E-state index contributed by atoms with van der Waals surface area (Å²) in [6.45, 7) is 0. The molecule has 1 aromatic heterocycles. The van der Waals surface area contributed by atoms with Gasteiger partial charge in [0.1, 0.15) is 10.9 Å². The summed E-state index contributed by atoms with van der Waals surface area (Å²) in [5.74, 6) is 0.630. The first-order valence-electron chi connectivity index (χ1n) is 12.3. The lowest BCUT2D eigenvalue weighted by atomic mass is 10.1. The molecular weight excluding hydrogens is 474 g/mol. The van der Waals surface area contributed by atoms with Crippen molar-refractivity contribution in [3.63, 3.8) is 0 Å². The van der Waals surface area contributed by atoms with Crippen LogP contribution in [-0.4, -0.2) is 4.98 Å². The van der Waals surface area contributed by atoms with Crippen molar-refractivity contribution in [1.82, 2.24) is 4.98 Å².